The molecule has 5 rings (SSSR count). The minimum atomic E-state index is 0.741. The molecule has 0 radical (unpaired) electrons. The van der Waals surface area contributed by atoms with Gasteiger partial charge in [-0.2, -0.15) is 0 Å². The van der Waals surface area contributed by atoms with Crippen LogP contribution >= 0.6 is 0 Å². The Balaban J connectivity index is 1.36. The van der Waals surface area contributed by atoms with Crippen LogP contribution in [-0.4, -0.2) is 0 Å². The van der Waals surface area contributed by atoms with Crippen molar-refractivity contribution in [1.82, 2.24) is 0 Å². The zero-order chi connectivity index (χ0) is 16.3. The monoisotopic (exact) mass is 328 g/mol. The van der Waals surface area contributed by atoms with Crippen molar-refractivity contribution < 1.29 is 0 Å². The Hall–Kier alpha value is 0. The summed E-state index contributed by atoms with van der Waals surface area (Å²) in [4.78, 5) is 0. The average Bonchev–Trinajstić information content (AvgIpc) is 3.20. The predicted octanol–water partition coefficient (Wildman–Crippen LogP) is 7.08. The molecular formula is C24H40. The molecule has 8 unspecified atom stereocenters. The van der Waals surface area contributed by atoms with Crippen LogP contribution in [0.3, 0.4) is 0 Å². The Labute approximate surface area is 150 Å². The highest BCUT2D eigenvalue weighted by Gasteiger charge is 2.57. The number of rotatable bonds is 1. The van der Waals surface area contributed by atoms with E-state index in [2.05, 4.69) is 13.8 Å². The van der Waals surface area contributed by atoms with E-state index in [1.165, 1.54) is 19.3 Å². The number of hydrogen-bond acceptors (Lipinski definition) is 0. The van der Waals surface area contributed by atoms with Gasteiger partial charge in [0.05, 0.1) is 0 Å². The molecule has 0 aliphatic heterocycles. The van der Waals surface area contributed by atoms with Crippen molar-refractivity contribution in [3.63, 3.8) is 0 Å². The Morgan fingerprint density at radius 3 is 2.21 bits per heavy atom. The molecule has 24 heavy (non-hydrogen) atoms. The standard InChI is InChI=1S/C24H40/c1-16-7-9-19-18(15-16)8-10-21-20(19)13-14-24(2)22(11-12-23(21)24)17-5-3-4-6-17/h16-23H,3-15H2,1-2H3. The van der Waals surface area contributed by atoms with Crippen LogP contribution < -0.4 is 0 Å². The molecule has 136 valence electrons. The molecule has 0 bridgehead atoms. The molecule has 5 aliphatic carbocycles. The van der Waals surface area contributed by atoms with E-state index in [0.29, 0.717) is 0 Å². The molecule has 5 fully saturated rings. The van der Waals surface area contributed by atoms with E-state index in [1.54, 1.807) is 64.2 Å². The summed E-state index contributed by atoms with van der Waals surface area (Å²) in [6, 6.07) is 0. The van der Waals surface area contributed by atoms with Crippen molar-refractivity contribution in [3.05, 3.63) is 0 Å². The smallest absolute Gasteiger partial charge is 0.0264 e. The Bertz CT molecular complexity index is 461. The highest BCUT2D eigenvalue weighted by atomic mass is 14.6. The first-order valence-corrected chi connectivity index (χ1v) is 11.7. The Morgan fingerprint density at radius 1 is 0.625 bits per heavy atom. The van der Waals surface area contributed by atoms with Gasteiger partial charge in [0, 0.05) is 0 Å². The minimum absolute atomic E-state index is 0.741. The summed E-state index contributed by atoms with van der Waals surface area (Å²) < 4.78 is 0. The molecule has 0 amide bonds. The highest BCUT2D eigenvalue weighted by Crippen LogP contribution is 2.66. The van der Waals surface area contributed by atoms with Crippen molar-refractivity contribution in [2.45, 2.75) is 97.3 Å². The molecule has 5 aliphatic rings. The molecule has 0 aromatic heterocycles. The molecule has 0 saturated heterocycles. The minimum Gasteiger partial charge on any atom is -0.0625 e. The molecule has 0 heteroatoms. The lowest BCUT2D eigenvalue weighted by Gasteiger charge is -2.56. The van der Waals surface area contributed by atoms with Crippen molar-refractivity contribution in [2.75, 3.05) is 0 Å². The van der Waals surface area contributed by atoms with Crippen LogP contribution in [0.1, 0.15) is 97.3 Å². The zero-order valence-corrected chi connectivity index (χ0v) is 16.3. The molecule has 0 nitrogen and oxygen atoms in total. The average molecular weight is 329 g/mol. The predicted molar refractivity (Wildman–Crippen MR) is 102 cm³/mol. The Morgan fingerprint density at radius 2 is 1.38 bits per heavy atom. The third-order valence-corrected chi connectivity index (χ3v) is 10.3. The van der Waals surface area contributed by atoms with Gasteiger partial charge in [-0.15, -0.1) is 0 Å². The summed E-state index contributed by atoms with van der Waals surface area (Å²) in [6.07, 6.45) is 20.5. The van der Waals surface area contributed by atoms with E-state index >= 15 is 0 Å². The number of fused-ring (bicyclic) bond motifs is 5. The van der Waals surface area contributed by atoms with Gasteiger partial charge in [0.2, 0.25) is 0 Å². The van der Waals surface area contributed by atoms with Gasteiger partial charge in [0.1, 0.15) is 0 Å². The summed E-state index contributed by atoms with van der Waals surface area (Å²) in [5, 5.41) is 0. The lowest BCUT2D eigenvalue weighted by Crippen LogP contribution is -2.49. The summed E-state index contributed by atoms with van der Waals surface area (Å²) in [6.45, 7) is 5.28. The van der Waals surface area contributed by atoms with E-state index in [1.807, 2.05) is 0 Å². The maximum absolute atomic E-state index is 2.76. The topological polar surface area (TPSA) is 0 Å². The fraction of sp³-hybridized carbons (Fsp3) is 1.00. The highest BCUT2D eigenvalue weighted by molar-refractivity contribution is 5.07. The summed E-state index contributed by atoms with van der Waals surface area (Å²) in [7, 11) is 0. The first kappa shape index (κ1) is 16.2. The second kappa shape index (κ2) is 6.02. The third kappa shape index (κ3) is 2.37. The maximum Gasteiger partial charge on any atom is -0.0264 e. The van der Waals surface area contributed by atoms with Crippen molar-refractivity contribution in [3.8, 4) is 0 Å². The van der Waals surface area contributed by atoms with Crippen molar-refractivity contribution >= 4 is 0 Å². The van der Waals surface area contributed by atoms with Gasteiger partial charge < -0.3 is 0 Å². The van der Waals surface area contributed by atoms with E-state index < -0.39 is 0 Å². The van der Waals surface area contributed by atoms with E-state index in [0.717, 1.165) is 52.8 Å². The second-order valence-corrected chi connectivity index (χ2v) is 11.1. The molecule has 0 N–H and O–H groups in total. The van der Waals surface area contributed by atoms with Gasteiger partial charge in [-0.05, 0) is 104 Å². The summed E-state index contributed by atoms with van der Waals surface area (Å²) in [5.41, 5.74) is 0.741. The van der Waals surface area contributed by atoms with Crippen LogP contribution in [0.5, 0.6) is 0 Å². The van der Waals surface area contributed by atoms with Gasteiger partial charge in [0.25, 0.3) is 0 Å². The second-order valence-electron chi connectivity index (χ2n) is 11.1. The van der Waals surface area contributed by atoms with Crippen molar-refractivity contribution in [1.29, 1.82) is 0 Å². The normalized spacial score (nSPS) is 55.0. The van der Waals surface area contributed by atoms with Crippen LogP contribution in [-0.2, 0) is 0 Å². The molecule has 8 atom stereocenters. The van der Waals surface area contributed by atoms with E-state index in [4.69, 9.17) is 0 Å². The third-order valence-electron chi connectivity index (χ3n) is 10.3. The lowest BCUT2D eigenvalue weighted by molar-refractivity contribution is -0.0734. The summed E-state index contributed by atoms with van der Waals surface area (Å²) >= 11 is 0. The maximum atomic E-state index is 2.76. The largest absolute Gasteiger partial charge is 0.0625 e. The van der Waals surface area contributed by atoms with Gasteiger partial charge >= 0.3 is 0 Å². The van der Waals surface area contributed by atoms with Crippen LogP contribution in [0.15, 0.2) is 0 Å². The molecule has 0 aromatic rings. The van der Waals surface area contributed by atoms with Gasteiger partial charge in [-0.1, -0.05) is 46.0 Å². The van der Waals surface area contributed by atoms with Crippen LogP contribution in [0.4, 0.5) is 0 Å². The lowest BCUT2D eigenvalue weighted by atomic mass is 9.48. The quantitative estimate of drug-likeness (QED) is 0.482. The first-order valence-electron chi connectivity index (χ1n) is 11.7. The van der Waals surface area contributed by atoms with Gasteiger partial charge in [-0.25, -0.2) is 0 Å². The fourth-order valence-electron chi connectivity index (χ4n) is 9.26. The summed E-state index contributed by atoms with van der Waals surface area (Å²) in [5.74, 6) is 8.87. The molecular weight excluding hydrogens is 288 g/mol. The van der Waals surface area contributed by atoms with Crippen LogP contribution in [0.2, 0.25) is 0 Å². The van der Waals surface area contributed by atoms with Crippen LogP contribution in [0.25, 0.3) is 0 Å². The SMILES string of the molecule is CC1CCC2C(CCC3C2CCC2(C)C(C4CCCC4)CCC32)C1. The number of hydrogen-bond donors (Lipinski definition) is 0. The van der Waals surface area contributed by atoms with E-state index in [9.17, 15) is 0 Å². The Kier molecular flexibility index (Phi) is 4.06. The molecule has 0 spiro atoms. The molecule has 0 aromatic carbocycles. The van der Waals surface area contributed by atoms with E-state index in [-0.39, 0.29) is 0 Å². The first-order chi connectivity index (χ1) is 11.7. The van der Waals surface area contributed by atoms with Crippen LogP contribution in [0, 0.1) is 52.8 Å². The fourth-order valence-corrected chi connectivity index (χ4v) is 9.26. The molecule has 5 saturated carbocycles. The van der Waals surface area contributed by atoms with Gasteiger partial charge in [0.15, 0.2) is 0 Å². The molecule has 0 heterocycles. The van der Waals surface area contributed by atoms with Gasteiger partial charge in [-0.3, -0.25) is 0 Å². The van der Waals surface area contributed by atoms with Crippen molar-refractivity contribution in [2.24, 2.45) is 52.8 Å². The zero-order valence-electron chi connectivity index (χ0n) is 16.3.